The fraction of sp³-hybridized carbons (Fsp3) is 0.167. The Morgan fingerprint density at radius 2 is 2.06 bits per heavy atom. The lowest BCUT2D eigenvalue weighted by molar-refractivity contribution is 1.03. The molecule has 0 saturated carbocycles. The van der Waals surface area contributed by atoms with Crippen LogP contribution in [0.2, 0.25) is 0 Å². The van der Waals surface area contributed by atoms with Crippen molar-refractivity contribution in [2.45, 2.75) is 0 Å². The highest BCUT2D eigenvalue weighted by Gasteiger charge is 2.08. The molecule has 0 aliphatic carbocycles. The Morgan fingerprint density at radius 3 is 2.65 bits per heavy atom. The molecule has 0 saturated heterocycles. The number of nitrogens with zero attached hydrogens (tertiary/aromatic N) is 5. The number of aromatic nitrogens is 3. The summed E-state index contributed by atoms with van der Waals surface area (Å²) < 4.78 is 0. The Kier molecular flexibility index (Phi) is 2.97. The summed E-state index contributed by atoms with van der Waals surface area (Å²) >= 11 is 0. The molecule has 0 aliphatic heterocycles. The van der Waals surface area contributed by atoms with Crippen molar-refractivity contribution in [3.05, 3.63) is 36.2 Å². The van der Waals surface area contributed by atoms with Crippen molar-refractivity contribution in [3.8, 4) is 17.6 Å². The summed E-state index contributed by atoms with van der Waals surface area (Å²) in [6.45, 7) is 0. The third kappa shape index (κ3) is 2.37. The van der Waals surface area contributed by atoms with Gasteiger partial charge in [-0.1, -0.05) is 6.07 Å². The maximum atomic E-state index is 8.94. The lowest BCUT2D eigenvalue weighted by Gasteiger charge is -2.12. The highest BCUT2D eigenvalue weighted by Crippen LogP contribution is 2.16. The normalized spacial score (nSPS) is 9.71. The van der Waals surface area contributed by atoms with Gasteiger partial charge >= 0.3 is 0 Å². The van der Waals surface area contributed by atoms with E-state index in [1.54, 1.807) is 12.3 Å². The molecule has 0 aliphatic rings. The van der Waals surface area contributed by atoms with Crippen molar-refractivity contribution in [2.24, 2.45) is 0 Å². The quantitative estimate of drug-likeness (QED) is 0.774. The molecule has 0 spiro atoms. The average molecular weight is 225 g/mol. The van der Waals surface area contributed by atoms with E-state index in [0.717, 1.165) is 0 Å². The standard InChI is InChI=1S/C12H11N5/c1-17(2)11-7-9(8-13)15-12(16-11)10-5-3-4-6-14-10/h3-7H,1-2H3. The summed E-state index contributed by atoms with van der Waals surface area (Å²) in [6.07, 6.45) is 1.67. The molecule has 5 heteroatoms. The SMILES string of the molecule is CN(C)c1cc(C#N)nc(-c2ccccn2)n1. The molecule has 0 aromatic carbocycles. The molecule has 84 valence electrons. The predicted octanol–water partition coefficient (Wildman–Crippen LogP) is 1.48. The molecular weight excluding hydrogens is 214 g/mol. The average Bonchev–Trinajstić information content (AvgIpc) is 2.39. The van der Waals surface area contributed by atoms with E-state index in [0.29, 0.717) is 23.0 Å². The first-order valence-corrected chi connectivity index (χ1v) is 5.08. The molecule has 0 unspecified atom stereocenters. The first-order valence-electron chi connectivity index (χ1n) is 5.08. The third-order valence-corrected chi connectivity index (χ3v) is 2.18. The van der Waals surface area contributed by atoms with Crippen LogP contribution in [0.4, 0.5) is 5.82 Å². The van der Waals surface area contributed by atoms with Gasteiger partial charge in [0.2, 0.25) is 0 Å². The van der Waals surface area contributed by atoms with Gasteiger partial charge in [-0.05, 0) is 12.1 Å². The summed E-state index contributed by atoms with van der Waals surface area (Å²) in [7, 11) is 3.73. The molecule has 0 fully saturated rings. The summed E-state index contributed by atoms with van der Waals surface area (Å²) in [4.78, 5) is 14.5. The van der Waals surface area contributed by atoms with E-state index in [4.69, 9.17) is 5.26 Å². The summed E-state index contributed by atoms with van der Waals surface area (Å²) in [5, 5.41) is 8.94. The van der Waals surface area contributed by atoms with E-state index in [1.165, 1.54) is 0 Å². The molecule has 0 N–H and O–H groups in total. The fourth-order valence-corrected chi connectivity index (χ4v) is 1.33. The van der Waals surface area contributed by atoms with Gasteiger partial charge in [-0.3, -0.25) is 4.98 Å². The van der Waals surface area contributed by atoms with Gasteiger partial charge in [-0.25, -0.2) is 9.97 Å². The Bertz CT molecular complexity index is 557. The number of nitriles is 1. The van der Waals surface area contributed by atoms with Gasteiger partial charge in [0.15, 0.2) is 5.82 Å². The van der Waals surface area contributed by atoms with E-state index < -0.39 is 0 Å². The monoisotopic (exact) mass is 225 g/mol. The van der Waals surface area contributed by atoms with Gasteiger partial charge in [0, 0.05) is 26.4 Å². The van der Waals surface area contributed by atoms with Crippen molar-refractivity contribution in [3.63, 3.8) is 0 Å². The van der Waals surface area contributed by atoms with Crippen molar-refractivity contribution in [1.29, 1.82) is 5.26 Å². The van der Waals surface area contributed by atoms with Crippen LogP contribution in [-0.2, 0) is 0 Å². The van der Waals surface area contributed by atoms with Crippen LogP contribution < -0.4 is 4.90 Å². The van der Waals surface area contributed by atoms with Crippen LogP contribution in [-0.4, -0.2) is 29.0 Å². The van der Waals surface area contributed by atoms with Gasteiger partial charge in [-0.15, -0.1) is 0 Å². The topological polar surface area (TPSA) is 65.7 Å². The van der Waals surface area contributed by atoms with Crippen LogP contribution in [0.3, 0.4) is 0 Å². The van der Waals surface area contributed by atoms with Crippen LogP contribution in [0.25, 0.3) is 11.5 Å². The lowest BCUT2D eigenvalue weighted by atomic mass is 10.3. The van der Waals surface area contributed by atoms with Crippen molar-refractivity contribution in [1.82, 2.24) is 15.0 Å². The van der Waals surface area contributed by atoms with Crippen LogP contribution >= 0.6 is 0 Å². The zero-order chi connectivity index (χ0) is 12.3. The largest absolute Gasteiger partial charge is 0.363 e. The summed E-state index contributed by atoms with van der Waals surface area (Å²) in [5.41, 5.74) is 0.997. The lowest BCUT2D eigenvalue weighted by Crippen LogP contribution is -2.12. The molecule has 0 amide bonds. The minimum atomic E-state index is 0.337. The fourth-order valence-electron chi connectivity index (χ4n) is 1.33. The van der Waals surface area contributed by atoms with Gasteiger partial charge < -0.3 is 4.90 Å². The molecule has 0 atom stereocenters. The summed E-state index contributed by atoms with van der Waals surface area (Å²) in [6, 6.07) is 9.17. The molecule has 17 heavy (non-hydrogen) atoms. The first-order chi connectivity index (χ1) is 8.20. The smallest absolute Gasteiger partial charge is 0.181 e. The number of pyridine rings is 1. The molecular formula is C12H11N5. The van der Waals surface area contributed by atoms with Crippen LogP contribution in [0.1, 0.15) is 5.69 Å². The van der Waals surface area contributed by atoms with Crippen LogP contribution in [0.15, 0.2) is 30.5 Å². The molecule has 5 nitrogen and oxygen atoms in total. The van der Waals surface area contributed by atoms with E-state index >= 15 is 0 Å². The minimum absolute atomic E-state index is 0.337. The van der Waals surface area contributed by atoms with Crippen molar-refractivity contribution in [2.75, 3.05) is 19.0 Å². The Morgan fingerprint density at radius 1 is 1.24 bits per heavy atom. The van der Waals surface area contributed by atoms with Crippen LogP contribution in [0.5, 0.6) is 0 Å². The second-order valence-corrected chi connectivity index (χ2v) is 3.66. The second kappa shape index (κ2) is 4.58. The van der Waals surface area contributed by atoms with Crippen LogP contribution in [0, 0.1) is 11.3 Å². The highest BCUT2D eigenvalue weighted by atomic mass is 15.2. The number of rotatable bonds is 2. The highest BCUT2D eigenvalue weighted by molar-refractivity contribution is 5.54. The van der Waals surface area contributed by atoms with Gasteiger partial charge in [0.1, 0.15) is 23.3 Å². The number of hydrogen-bond acceptors (Lipinski definition) is 5. The molecule has 0 bridgehead atoms. The molecule has 0 radical (unpaired) electrons. The maximum absolute atomic E-state index is 8.94. The Labute approximate surface area is 99.4 Å². The van der Waals surface area contributed by atoms with Gasteiger partial charge in [0.25, 0.3) is 0 Å². The molecule has 2 aromatic rings. The van der Waals surface area contributed by atoms with Gasteiger partial charge in [0.05, 0.1) is 0 Å². The van der Waals surface area contributed by atoms with E-state index in [1.807, 2.05) is 43.3 Å². The molecule has 2 heterocycles. The zero-order valence-electron chi connectivity index (χ0n) is 9.62. The molecule has 2 rings (SSSR count). The maximum Gasteiger partial charge on any atom is 0.181 e. The summed E-state index contributed by atoms with van der Waals surface area (Å²) in [5.74, 6) is 1.16. The number of anilines is 1. The van der Waals surface area contributed by atoms with Crippen molar-refractivity contribution >= 4 is 5.82 Å². The third-order valence-electron chi connectivity index (χ3n) is 2.18. The van der Waals surface area contributed by atoms with E-state index in [2.05, 4.69) is 15.0 Å². The zero-order valence-corrected chi connectivity index (χ0v) is 9.62. The predicted molar refractivity (Wildman–Crippen MR) is 64.3 cm³/mol. The molecule has 2 aromatic heterocycles. The number of hydrogen-bond donors (Lipinski definition) is 0. The Hall–Kier alpha value is -2.48. The minimum Gasteiger partial charge on any atom is -0.363 e. The van der Waals surface area contributed by atoms with Crippen molar-refractivity contribution < 1.29 is 0 Å². The van der Waals surface area contributed by atoms with E-state index in [9.17, 15) is 0 Å². The van der Waals surface area contributed by atoms with E-state index in [-0.39, 0.29) is 0 Å². The second-order valence-electron chi connectivity index (χ2n) is 3.66. The first kappa shape index (κ1) is 11.0. The van der Waals surface area contributed by atoms with Gasteiger partial charge in [-0.2, -0.15) is 5.26 Å². The Balaban J connectivity index is 2.55.